The van der Waals surface area contributed by atoms with E-state index < -0.39 is 0 Å². The fourth-order valence-corrected chi connectivity index (χ4v) is 1.92. The molecular formula is C15H25ClN2O. The van der Waals surface area contributed by atoms with Crippen molar-refractivity contribution >= 4 is 11.6 Å². The van der Waals surface area contributed by atoms with Crippen LogP contribution in [0.3, 0.4) is 0 Å². The zero-order valence-electron chi connectivity index (χ0n) is 12.1. The molecule has 1 aromatic rings. The Morgan fingerprint density at radius 3 is 2.42 bits per heavy atom. The van der Waals surface area contributed by atoms with Crippen LogP contribution in [0.15, 0.2) is 24.3 Å². The Bertz CT molecular complexity index is 354. The highest BCUT2D eigenvalue weighted by Gasteiger charge is 2.07. The third-order valence-electron chi connectivity index (χ3n) is 3.04. The Hall–Kier alpha value is -0.610. The van der Waals surface area contributed by atoms with E-state index in [4.69, 9.17) is 22.1 Å². The van der Waals surface area contributed by atoms with Gasteiger partial charge in [0.15, 0.2) is 0 Å². The van der Waals surface area contributed by atoms with Gasteiger partial charge in [0.1, 0.15) is 0 Å². The summed E-state index contributed by atoms with van der Waals surface area (Å²) < 4.78 is 5.53. The first-order chi connectivity index (χ1) is 8.99. The van der Waals surface area contributed by atoms with Crippen molar-refractivity contribution in [2.75, 3.05) is 26.7 Å². The van der Waals surface area contributed by atoms with Gasteiger partial charge < -0.3 is 15.4 Å². The Balaban J connectivity index is 2.25. The topological polar surface area (TPSA) is 38.5 Å². The molecule has 0 spiro atoms. The zero-order valence-corrected chi connectivity index (χ0v) is 12.9. The highest BCUT2D eigenvalue weighted by molar-refractivity contribution is 6.30. The molecule has 0 saturated carbocycles. The minimum absolute atomic E-state index is 0.0609. The van der Waals surface area contributed by atoms with Crippen LogP contribution in [0.4, 0.5) is 0 Å². The first kappa shape index (κ1) is 16.4. The summed E-state index contributed by atoms with van der Waals surface area (Å²) in [6.07, 6.45) is 1.23. The molecule has 0 amide bonds. The summed E-state index contributed by atoms with van der Waals surface area (Å²) in [6, 6.07) is 7.82. The van der Waals surface area contributed by atoms with Gasteiger partial charge in [-0.1, -0.05) is 23.7 Å². The fourth-order valence-electron chi connectivity index (χ4n) is 1.79. The predicted molar refractivity (Wildman–Crippen MR) is 81.6 cm³/mol. The molecule has 0 aliphatic carbocycles. The number of likely N-dealkylation sites (N-methyl/N-ethyl adjacent to an activating group) is 1. The van der Waals surface area contributed by atoms with Gasteiger partial charge >= 0.3 is 0 Å². The maximum atomic E-state index is 6.17. The lowest BCUT2D eigenvalue weighted by atomic mass is 10.0. The Kier molecular flexibility index (Phi) is 7.39. The van der Waals surface area contributed by atoms with Crippen LogP contribution in [0.5, 0.6) is 0 Å². The second kappa shape index (κ2) is 8.54. The van der Waals surface area contributed by atoms with Crippen LogP contribution in [0.25, 0.3) is 0 Å². The molecule has 0 saturated heterocycles. The average Bonchev–Trinajstić information content (AvgIpc) is 2.36. The van der Waals surface area contributed by atoms with Crippen molar-refractivity contribution < 1.29 is 4.74 Å². The highest BCUT2D eigenvalue weighted by atomic mass is 35.5. The van der Waals surface area contributed by atoms with Crippen LogP contribution in [-0.2, 0) is 4.74 Å². The quantitative estimate of drug-likeness (QED) is 0.797. The van der Waals surface area contributed by atoms with Gasteiger partial charge in [-0.15, -0.1) is 0 Å². The molecule has 1 rings (SSSR count). The van der Waals surface area contributed by atoms with Gasteiger partial charge in [0.25, 0.3) is 0 Å². The maximum absolute atomic E-state index is 6.17. The van der Waals surface area contributed by atoms with E-state index >= 15 is 0 Å². The maximum Gasteiger partial charge on any atom is 0.0596 e. The third kappa shape index (κ3) is 6.92. The van der Waals surface area contributed by atoms with Crippen LogP contribution in [0.2, 0.25) is 5.02 Å². The molecule has 0 aliphatic heterocycles. The molecule has 4 heteroatoms. The van der Waals surface area contributed by atoms with Gasteiger partial charge in [0, 0.05) is 17.6 Å². The summed E-state index contributed by atoms with van der Waals surface area (Å²) in [4.78, 5) is 2.25. The van der Waals surface area contributed by atoms with Crippen LogP contribution in [0, 0.1) is 0 Å². The van der Waals surface area contributed by atoms with Crippen molar-refractivity contribution in [3.63, 3.8) is 0 Å². The number of ether oxygens (including phenoxy) is 1. The van der Waals surface area contributed by atoms with Gasteiger partial charge in [0.05, 0.1) is 12.7 Å². The molecule has 0 heterocycles. The van der Waals surface area contributed by atoms with E-state index in [9.17, 15) is 0 Å². The monoisotopic (exact) mass is 284 g/mol. The molecular weight excluding hydrogens is 260 g/mol. The molecule has 0 aromatic heterocycles. The molecule has 0 aliphatic rings. The summed E-state index contributed by atoms with van der Waals surface area (Å²) in [6.45, 7) is 6.77. The van der Waals surface area contributed by atoms with E-state index in [1.54, 1.807) is 0 Å². The minimum atomic E-state index is 0.0609. The lowest BCUT2D eigenvalue weighted by Gasteiger charge is -2.20. The van der Waals surface area contributed by atoms with Crippen LogP contribution in [0.1, 0.15) is 31.9 Å². The first-order valence-electron chi connectivity index (χ1n) is 6.80. The average molecular weight is 285 g/mol. The lowest BCUT2D eigenvalue weighted by Crippen LogP contribution is -2.27. The number of nitrogens with zero attached hydrogens (tertiary/aromatic N) is 1. The van der Waals surface area contributed by atoms with Gasteiger partial charge in [-0.3, -0.25) is 0 Å². The van der Waals surface area contributed by atoms with Gasteiger partial charge in [0.2, 0.25) is 0 Å². The second-order valence-corrected chi connectivity index (χ2v) is 5.61. The smallest absolute Gasteiger partial charge is 0.0596 e. The molecule has 1 atom stereocenters. The first-order valence-corrected chi connectivity index (χ1v) is 7.18. The third-order valence-corrected chi connectivity index (χ3v) is 3.30. The Morgan fingerprint density at radius 1 is 1.21 bits per heavy atom. The number of hydrogen-bond donors (Lipinski definition) is 1. The molecule has 108 valence electrons. The molecule has 2 N–H and O–H groups in total. The van der Waals surface area contributed by atoms with Crippen molar-refractivity contribution in [2.24, 2.45) is 5.73 Å². The highest BCUT2D eigenvalue weighted by Crippen LogP contribution is 2.17. The zero-order chi connectivity index (χ0) is 14.3. The molecule has 1 aromatic carbocycles. The van der Waals surface area contributed by atoms with Crippen LogP contribution < -0.4 is 5.73 Å². The molecule has 19 heavy (non-hydrogen) atoms. The summed E-state index contributed by atoms with van der Waals surface area (Å²) in [5, 5.41) is 0.749. The number of hydrogen-bond acceptors (Lipinski definition) is 3. The van der Waals surface area contributed by atoms with E-state index in [0.29, 0.717) is 6.10 Å². The van der Waals surface area contributed by atoms with E-state index in [0.717, 1.165) is 36.7 Å². The van der Waals surface area contributed by atoms with E-state index in [2.05, 4.69) is 25.8 Å². The summed E-state index contributed by atoms with van der Waals surface area (Å²) in [5.41, 5.74) is 7.30. The van der Waals surface area contributed by atoms with Crippen molar-refractivity contribution in [2.45, 2.75) is 32.4 Å². The fraction of sp³-hybridized carbons (Fsp3) is 0.600. The molecule has 0 bridgehead atoms. The number of benzene rings is 1. The Morgan fingerprint density at radius 2 is 1.84 bits per heavy atom. The van der Waals surface area contributed by atoms with Crippen molar-refractivity contribution in [1.29, 1.82) is 0 Å². The summed E-state index contributed by atoms with van der Waals surface area (Å²) >= 11 is 5.86. The van der Waals surface area contributed by atoms with Crippen LogP contribution >= 0.6 is 11.6 Å². The van der Waals surface area contributed by atoms with Crippen LogP contribution in [-0.4, -0.2) is 37.7 Å². The van der Waals surface area contributed by atoms with E-state index in [1.807, 2.05) is 24.3 Å². The molecule has 0 fully saturated rings. The molecule has 1 unspecified atom stereocenters. The number of nitrogens with two attached hydrogens (primary N) is 1. The minimum Gasteiger partial charge on any atom is -0.377 e. The number of rotatable bonds is 8. The van der Waals surface area contributed by atoms with Crippen molar-refractivity contribution in [3.05, 3.63) is 34.9 Å². The van der Waals surface area contributed by atoms with Crippen molar-refractivity contribution in [1.82, 2.24) is 4.90 Å². The van der Waals surface area contributed by atoms with Crippen molar-refractivity contribution in [3.8, 4) is 0 Å². The predicted octanol–water partition coefficient (Wildman–Crippen LogP) is 3.09. The molecule has 3 nitrogen and oxygen atoms in total. The molecule has 0 radical (unpaired) electrons. The second-order valence-electron chi connectivity index (χ2n) is 5.17. The lowest BCUT2D eigenvalue weighted by molar-refractivity contribution is 0.0634. The number of halogens is 1. The summed E-state index contributed by atoms with van der Waals surface area (Å²) in [7, 11) is 2.10. The van der Waals surface area contributed by atoms with E-state index in [-0.39, 0.29) is 6.04 Å². The Labute approximate surface area is 121 Å². The van der Waals surface area contributed by atoms with Gasteiger partial charge in [-0.05, 0) is 51.6 Å². The largest absolute Gasteiger partial charge is 0.377 e. The SMILES string of the molecule is CC(C)OCCN(C)CCC(N)c1ccc(Cl)cc1. The van der Waals surface area contributed by atoms with Gasteiger partial charge in [-0.2, -0.15) is 0 Å². The normalized spacial score (nSPS) is 13.2. The van der Waals surface area contributed by atoms with Gasteiger partial charge in [-0.25, -0.2) is 0 Å². The van der Waals surface area contributed by atoms with E-state index in [1.165, 1.54) is 0 Å². The standard InChI is InChI=1S/C15H25ClN2O/c1-12(2)19-11-10-18(3)9-8-15(17)13-4-6-14(16)7-5-13/h4-7,12,15H,8-11,17H2,1-3H3. The summed E-state index contributed by atoms with van der Waals surface area (Å²) in [5.74, 6) is 0.